The zero-order valence-electron chi connectivity index (χ0n) is 23.2. The van der Waals surface area contributed by atoms with Crippen LogP contribution >= 0.6 is 0 Å². The summed E-state index contributed by atoms with van der Waals surface area (Å²) >= 11 is 0. The van der Waals surface area contributed by atoms with Crippen molar-refractivity contribution in [3.63, 3.8) is 0 Å². The average Bonchev–Trinajstić information content (AvgIpc) is 3.08. The summed E-state index contributed by atoms with van der Waals surface area (Å²) < 4.78 is 5.76. The van der Waals surface area contributed by atoms with Crippen molar-refractivity contribution in [1.82, 2.24) is 0 Å². The number of benzene rings is 2. The summed E-state index contributed by atoms with van der Waals surface area (Å²) in [4.78, 5) is 12.7. The monoisotopic (exact) mass is 466 g/mol. The fourth-order valence-corrected chi connectivity index (χ4v) is 4.84. The Morgan fingerprint density at radius 1 is 1.03 bits per heavy atom. The molecule has 0 saturated carbocycles. The van der Waals surface area contributed by atoms with Crippen molar-refractivity contribution in [2.75, 3.05) is 0 Å². The van der Waals surface area contributed by atoms with Gasteiger partial charge < -0.3 is 4.74 Å². The summed E-state index contributed by atoms with van der Waals surface area (Å²) in [5.74, 6) is 2.27. The molecule has 0 fully saturated rings. The third kappa shape index (κ3) is 9.28. The lowest BCUT2D eigenvalue weighted by Crippen LogP contribution is -2.20. The minimum atomic E-state index is -0.120. The predicted molar refractivity (Wildman–Crippen MR) is 150 cm³/mol. The quantitative estimate of drug-likeness (QED) is 0.220. The molecule has 1 aliphatic carbocycles. The smallest absolute Gasteiger partial charge is 0.314 e. The Balaban J connectivity index is 0.00000137. The Labute approximate surface area is 210 Å². The van der Waals surface area contributed by atoms with Gasteiger partial charge in [-0.1, -0.05) is 98.2 Å². The van der Waals surface area contributed by atoms with Crippen molar-refractivity contribution in [3.05, 3.63) is 54.1 Å². The molecule has 0 N–H and O–H groups in total. The summed E-state index contributed by atoms with van der Waals surface area (Å²) in [6, 6.07) is 12.7. The first-order chi connectivity index (χ1) is 16.5. The van der Waals surface area contributed by atoms with E-state index >= 15 is 0 Å². The van der Waals surface area contributed by atoms with Gasteiger partial charge in [-0.3, -0.25) is 4.79 Å². The van der Waals surface area contributed by atoms with Gasteiger partial charge in [-0.25, -0.2) is 0 Å². The third-order valence-corrected chi connectivity index (χ3v) is 6.65. The SMILES string of the molecule is CC.CC.CCCC(CC)c1ccc2cc(OC(=O)C(C)CC3C=CCCC(C)C3)ccc2c1. The molecule has 0 aliphatic heterocycles. The number of allylic oxidation sites excluding steroid dienone is 2. The van der Waals surface area contributed by atoms with Crippen LogP contribution in [0.4, 0.5) is 0 Å². The van der Waals surface area contributed by atoms with Crippen LogP contribution in [0.2, 0.25) is 0 Å². The normalized spacial score (nSPS) is 19.1. The standard InChI is InChI=1S/C28H38O2.2C2H6/c1-5-9-23(6-2)24-12-13-26-19-27(15-14-25(26)18-24)30-28(29)21(4)17-22-11-8-7-10-20(3)16-22;2*1-2/h8,11-15,18-23H,5-7,9-10,16-17H2,1-4H3;2*1-2H3. The van der Waals surface area contributed by atoms with Crippen molar-refractivity contribution in [2.45, 2.75) is 106 Å². The lowest BCUT2D eigenvalue weighted by Gasteiger charge is -2.19. The summed E-state index contributed by atoms with van der Waals surface area (Å²) in [6.45, 7) is 16.8. The maximum atomic E-state index is 12.7. The topological polar surface area (TPSA) is 26.3 Å². The van der Waals surface area contributed by atoms with Gasteiger partial charge in [-0.2, -0.15) is 0 Å². The van der Waals surface area contributed by atoms with Crippen LogP contribution in [0.25, 0.3) is 10.8 Å². The molecule has 3 rings (SSSR count). The molecule has 0 radical (unpaired) electrons. The molecule has 0 saturated heterocycles. The number of fused-ring (bicyclic) bond motifs is 1. The van der Waals surface area contributed by atoms with Gasteiger partial charge in [0.05, 0.1) is 5.92 Å². The van der Waals surface area contributed by atoms with Crippen LogP contribution in [0.5, 0.6) is 5.75 Å². The molecule has 4 unspecified atom stereocenters. The van der Waals surface area contributed by atoms with Crippen LogP contribution in [0.3, 0.4) is 0 Å². The molecule has 0 amide bonds. The van der Waals surface area contributed by atoms with Crippen molar-refractivity contribution >= 4 is 16.7 Å². The van der Waals surface area contributed by atoms with Crippen molar-refractivity contribution in [2.24, 2.45) is 17.8 Å². The second-order valence-electron chi connectivity index (χ2n) is 9.33. The predicted octanol–water partition coefficient (Wildman–Crippen LogP) is 10.1. The summed E-state index contributed by atoms with van der Waals surface area (Å²) in [7, 11) is 0. The molecule has 2 nitrogen and oxygen atoms in total. The maximum Gasteiger partial charge on any atom is 0.314 e. The average molecular weight is 467 g/mol. The van der Waals surface area contributed by atoms with Gasteiger partial charge in [-0.15, -0.1) is 0 Å². The molecule has 34 heavy (non-hydrogen) atoms. The molecule has 0 heterocycles. The van der Waals surface area contributed by atoms with E-state index in [1.165, 1.54) is 43.1 Å². The minimum Gasteiger partial charge on any atom is -0.426 e. The highest BCUT2D eigenvalue weighted by Crippen LogP contribution is 2.31. The van der Waals surface area contributed by atoms with E-state index in [1.54, 1.807) is 0 Å². The van der Waals surface area contributed by atoms with Crippen LogP contribution in [-0.2, 0) is 4.79 Å². The number of ether oxygens (including phenoxy) is 1. The molecule has 4 atom stereocenters. The van der Waals surface area contributed by atoms with Crippen LogP contribution in [0, 0.1) is 17.8 Å². The second-order valence-corrected chi connectivity index (χ2v) is 9.33. The van der Waals surface area contributed by atoms with E-state index in [-0.39, 0.29) is 11.9 Å². The highest BCUT2D eigenvalue weighted by Gasteiger charge is 2.22. The summed E-state index contributed by atoms with van der Waals surface area (Å²) in [5.41, 5.74) is 1.41. The minimum absolute atomic E-state index is 0.0950. The Bertz CT molecular complexity index is 866. The highest BCUT2D eigenvalue weighted by molar-refractivity contribution is 5.85. The summed E-state index contributed by atoms with van der Waals surface area (Å²) in [6.07, 6.45) is 12.6. The number of carbonyl (C=O) groups is 1. The number of rotatable bonds is 8. The fraction of sp³-hybridized carbons (Fsp3) is 0.594. The molecular formula is C32H50O2. The van der Waals surface area contributed by atoms with Gasteiger partial charge in [-0.05, 0) is 84.7 Å². The van der Waals surface area contributed by atoms with E-state index in [2.05, 4.69) is 57.2 Å². The molecule has 2 aromatic rings. The number of hydrogen-bond acceptors (Lipinski definition) is 2. The lowest BCUT2D eigenvalue weighted by molar-refractivity contribution is -0.138. The van der Waals surface area contributed by atoms with Crippen molar-refractivity contribution < 1.29 is 9.53 Å². The van der Waals surface area contributed by atoms with E-state index in [1.807, 2.05) is 46.8 Å². The second kappa shape index (κ2) is 16.5. The molecule has 0 bridgehead atoms. The van der Waals surface area contributed by atoms with E-state index in [9.17, 15) is 4.79 Å². The fourth-order valence-electron chi connectivity index (χ4n) is 4.84. The van der Waals surface area contributed by atoms with Crippen molar-refractivity contribution in [3.8, 4) is 5.75 Å². The van der Waals surface area contributed by atoms with E-state index in [0.717, 1.165) is 24.1 Å². The Kier molecular flexibility index (Phi) is 14.6. The van der Waals surface area contributed by atoms with Crippen LogP contribution in [0.15, 0.2) is 48.6 Å². The Hall–Kier alpha value is -2.09. The molecule has 2 aromatic carbocycles. The zero-order chi connectivity index (χ0) is 25.5. The number of hydrogen-bond donors (Lipinski definition) is 0. The number of esters is 1. The number of carbonyl (C=O) groups excluding carboxylic acids is 1. The third-order valence-electron chi connectivity index (χ3n) is 6.65. The van der Waals surface area contributed by atoms with Crippen molar-refractivity contribution in [1.29, 1.82) is 0 Å². The Morgan fingerprint density at radius 2 is 1.71 bits per heavy atom. The first-order valence-corrected chi connectivity index (χ1v) is 13.9. The van der Waals surface area contributed by atoms with E-state index in [0.29, 0.717) is 17.6 Å². The molecular weight excluding hydrogens is 416 g/mol. The maximum absolute atomic E-state index is 12.7. The molecule has 190 valence electrons. The lowest BCUT2D eigenvalue weighted by atomic mass is 9.88. The van der Waals surface area contributed by atoms with Gasteiger partial charge in [0, 0.05) is 0 Å². The van der Waals surface area contributed by atoms with E-state index in [4.69, 9.17) is 4.74 Å². The zero-order valence-corrected chi connectivity index (χ0v) is 23.2. The molecule has 0 spiro atoms. The first kappa shape index (κ1) is 29.9. The summed E-state index contributed by atoms with van der Waals surface area (Å²) in [5, 5.41) is 2.34. The van der Waals surface area contributed by atoms with Gasteiger partial charge in [0.15, 0.2) is 0 Å². The van der Waals surface area contributed by atoms with Crippen LogP contribution in [-0.4, -0.2) is 5.97 Å². The molecule has 1 aliphatic rings. The molecule has 0 aromatic heterocycles. The van der Waals surface area contributed by atoms with Crippen LogP contribution < -0.4 is 4.74 Å². The van der Waals surface area contributed by atoms with Crippen LogP contribution in [0.1, 0.15) is 112 Å². The Morgan fingerprint density at radius 3 is 2.38 bits per heavy atom. The van der Waals surface area contributed by atoms with Gasteiger partial charge in [0.25, 0.3) is 0 Å². The molecule has 2 heteroatoms. The van der Waals surface area contributed by atoms with Gasteiger partial charge >= 0.3 is 5.97 Å². The van der Waals surface area contributed by atoms with E-state index < -0.39 is 0 Å². The highest BCUT2D eigenvalue weighted by atomic mass is 16.5. The van der Waals surface area contributed by atoms with Gasteiger partial charge in [0.2, 0.25) is 0 Å². The van der Waals surface area contributed by atoms with Gasteiger partial charge in [0.1, 0.15) is 5.75 Å². The largest absolute Gasteiger partial charge is 0.426 e. The first-order valence-electron chi connectivity index (χ1n) is 13.9.